The van der Waals surface area contributed by atoms with E-state index in [9.17, 15) is 9.59 Å². The molecule has 0 spiro atoms. The number of rotatable bonds is 3. The molecule has 0 radical (unpaired) electrons. The number of likely N-dealkylation sites (N-methyl/N-ethyl adjacent to an activating group) is 1. The Morgan fingerprint density at radius 2 is 2.00 bits per heavy atom. The summed E-state index contributed by atoms with van der Waals surface area (Å²) in [4.78, 5) is 27.7. The zero-order valence-electron chi connectivity index (χ0n) is 13.0. The fraction of sp³-hybridized carbons (Fsp3) is 0.529. The number of urea groups is 1. The van der Waals surface area contributed by atoms with Crippen LogP contribution in [-0.4, -0.2) is 54.5 Å². The van der Waals surface area contributed by atoms with Gasteiger partial charge < -0.3 is 15.1 Å². The number of benzene rings is 1. The van der Waals surface area contributed by atoms with Crippen molar-refractivity contribution in [2.45, 2.75) is 25.3 Å². The molecule has 2 saturated heterocycles. The van der Waals surface area contributed by atoms with Crippen molar-refractivity contribution in [3.05, 3.63) is 35.9 Å². The largest absolute Gasteiger partial charge is 0.344 e. The number of hydrogen-bond donors (Lipinski definition) is 1. The molecule has 2 aliphatic heterocycles. The molecule has 1 N–H and O–H groups in total. The van der Waals surface area contributed by atoms with Crippen molar-refractivity contribution < 1.29 is 9.59 Å². The van der Waals surface area contributed by atoms with E-state index in [0.717, 1.165) is 32.5 Å². The number of carbonyl (C=O) groups excluding carboxylic acids is 2. The van der Waals surface area contributed by atoms with Crippen molar-refractivity contribution in [2.75, 3.05) is 26.7 Å². The maximum Gasteiger partial charge on any atom is 0.318 e. The van der Waals surface area contributed by atoms with E-state index in [1.54, 1.807) is 11.9 Å². The molecule has 0 saturated carbocycles. The average molecular weight is 301 g/mol. The molecule has 2 heterocycles. The lowest BCUT2D eigenvalue weighted by atomic mass is 9.99. The van der Waals surface area contributed by atoms with Crippen LogP contribution in [0.1, 0.15) is 18.4 Å². The zero-order valence-corrected chi connectivity index (χ0v) is 13.0. The van der Waals surface area contributed by atoms with Crippen LogP contribution in [0.15, 0.2) is 30.3 Å². The van der Waals surface area contributed by atoms with Crippen LogP contribution in [0.25, 0.3) is 0 Å². The standard InChI is InChI=1S/C17H23N3O2/c1-19-9-8-15(16(19)21)18-17(22)20-10-7-14(12-20)11-13-5-3-2-4-6-13/h2-6,14-15H,7-12H2,1H3,(H,18,22)/t14-,15+/m0/s1. The van der Waals surface area contributed by atoms with E-state index >= 15 is 0 Å². The molecule has 0 aliphatic carbocycles. The van der Waals surface area contributed by atoms with Gasteiger partial charge in [0.05, 0.1) is 0 Å². The predicted octanol–water partition coefficient (Wildman–Crippen LogP) is 1.49. The summed E-state index contributed by atoms with van der Waals surface area (Å²) in [6.07, 6.45) is 2.75. The Kier molecular flexibility index (Phi) is 4.32. The molecule has 5 nitrogen and oxygen atoms in total. The van der Waals surface area contributed by atoms with Gasteiger partial charge in [-0.15, -0.1) is 0 Å². The first-order chi connectivity index (χ1) is 10.6. The highest BCUT2D eigenvalue weighted by Gasteiger charge is 2.33. The Bertz CT molecular complexity index is 546. The SMILES string of the molecule is CN1CC[C@@H](NC(=O)N2CC[C@@H](Cc3ccccc3)C2)C1=O. The Morgan fingerprint density at radius 1 is 1.23 bits per heavy atom. The van der Waals surface area contributed by atoms with Crippen LogP contribution in [-0.2, 0) is 11.2 Å². The van der Waals surface area contributed by atoms with Gasteiger partial charge in [0.15, 0.2) is 0 Å². The molecular formula is C17H23N3O2. The van der Waals surface area contributed by atoms with Crippen LogP contribution in [0.4, 0.5) is 4.79 Å². The Hall–Kier alpha value is -2.04. The highest BCUT2D eigenvalue weighted by atomic mass is 16.2. The van der Waals surface area contributed by atoms with Gasteiger partial charge >= 0.3 is 6.03 Å². The van der Waals surface area contributed by atoms with Gasteiger partial charge in [-0.05, 0) is 30.7 Å². The first-order valence-corrected chi connectivity index (χ1v) is 7.98. The molecule has 5 heteroatoms. The van der Waals surface area contributed by atoms with Crippen LogP contribution in [0, 0.1) is 5.92 Å². The fourth-order valence-corrected chi connectivity index (χ4v) is 3.33. The van der Waals surface area contributed by atoms with Gasteiger partial charge in [-0.1, -0.05) is 30.3 Å². The van der Waals surface area contributed by atoms with Gasteiger partial charge in [0.1, 0.15) is 6.04 Å². The summed E-state index contributed by atoms with van der Waals surface area (Å²) < 4.78 is 0. The van der Waals surface area contributed by atoms with Crippen LogP contribution in [0.2, 0.25) is 0 Å². The van der Waals surface area contributed by atoms with Crippen molar-refractivity contribution in [3.8, 4) is 0 Å². The minimum atomic E-state index is -0.342. The number of hydrogen-bond acceptors (Lipinski definition) is 2. The van der Waals surface area contributed by atoms with Gasteiger partial charge in [-0.25, -0.2) is 4.79 Å². The van der Waals surface area contributed by atoms with Gasteiger partial charge in [-0.3, -0.25) is 4.79 Å². The third-order valence-corrected chi connectivity index (χ3v) is 4.67. The second kappa shape index (κ2) is 6.38. The normalized spacial score (nSPS) is 24.9. The molecule has 0 aromatic heterocycles. The number of nitrogens with zero attached hydrogens (tertiary/aromatic N) is 2. The van der Waals surface area contributed by atoms with Gasteiger partial charge in [0.25, 0.3) is 0 Å². The summed E-state index contributed by atoms with van der Waals surface area (Å²) in [5.41, 5.74) is 1.32. The van der Waals surface area contributed by atoms with Crippen molar-refractivity contribution in [2.24, 2.45) is 5.92 Å². The molecular weight excluding hydrogens is 278 g/mol. The molecule has 0 bridgehead atoms. The first-order valence-electron chi connectivity index (χ1n) is 7.98. The second-order valence-electron chi connectivity index (χ2n) is 6.34. The van der Waals surface area contributed by atoms with Crippen molar-refractivity contribution in [1.82, 2.24) is 15.1 Å². The minimum absolute atomic E-state index is 0.0217. The van der Waals surface area contributed by atoms with Gasteiger partial charge in [0, 0.05) is 26.7 Å². The summed E-state index contributed by atoms with van der Waals surface area (Å²) in [5, 5.41) is 2.88. The van der Waals surface area contributed by atoms with Crippen LogP contribution >= 0.6 is 0 Å². The second-order valence-corrected chi connectivity index (χ2v) is 6.34. The fourth-order valence-electron chi connectivity index (χ4n) is 3.33. The molecule has 22 heavy (non-hydrogen) atoms. The lowest BCUT2D eigenvalue weighted by molar-refractivity contribution is -0.128. The zero-order chi connectivity index (χ0) is 15.5. The molecule has 2 aliphatic rings. The van der Waals surface area contributed by atoms with E-state index in [2.05, 4.69) is 29.6 Å². The predicted molar refractivity (Wildman–Crippen MR) is 84.4 cm³/mol. The monoisotopic (exact) mass is 301 g/mol. The molecule has 2 fully saturated rings. The van der Waals surface area contributed by atoms with Crippen molar-refractivity contribution >= 4 is 11.9 Å². The Balaban J connectivity index is 1.50. The van der Waals surface area contributed by atoms with Crippen LogP contribution in [0.5, 0.6) is 0 Å². The van der Waals surface area contributed by atoms with Crippen molar-refractivity contribution in [3.63, 3.8) is 0 Å². The third-order valence-electron chi connectivity index (χ3n) is 4.67. The maximum absolute atomic E-state index is 12.3. The first kappa shape index (κ1) is 14.9. The van der Waals surface area contributed by atoms with E-state index in [-0.39, 0.29) is 18.0 Å². The summed E-state index contributed by atoms with van der Waals surface area (Å²) in [5.74, 6) is 0.531. The van der Waals surface area contributed by atoms with Gasteiger partial charge in [0.2, 0.25) is 5.91 Å². The summed E-state index contributed by atoms with van der Waals surface area (Å²) in [6, 6.07) is 9.96. The van der Waals surface area contributed by atoms with E-state index < -0.39 is 0 Å². The smallest absolute Gasteiger partial charge is 0.318 e. The molecule has 118 valence electrons. The highest BCUT2D eigenvalue weighted by Crippen LogP contribution is 2.21. The summed E-state index contributed by atoms with van der Waals surface area (Å²) >= 11 is 0. The summed E-state index contributed by atoms with van der Waals surface area (Å²) in [6.45, 7) is 2.28. The van der Waals surface area contributed by atoms with E-state index in [1.807, 2.05) is 11.0 Å². The number of carbonyl (C=O) groups is 2. The average Bonchev–Trinajstić information content (AvgIpc) is 3.10. The summed E-state index contributed by atoms with van der Waals surface area (Å²) in [7, 11) is 1.78. The Morgan fingerprint density at radius 3 is 2.68 bits per heavy atom. The van der Waals surface area contributed by atoms with E-state index in [4.69, 9.17) is 0 Å². The third kappa shape index (κ3) is 3.24. The number of likely N-dealkylation sites (tertiary alicyclic amines) is 2. The minimum Gasteiger partial charge on any atom is -0.344 e. The topological polar surface area (TPSA) is 52.7 Å². The molecule has 0 unspecified atom stereocenters. The molecule has 1 aromatic carbocycles. The maximum atomic E-state index is 12.3. The van der Waals surface area contributed by atoms with E-state index in [1.165, 1.54) is 5.56 Å². The number of nitrogens with one attached hydrogen (secondary N) is 1. The lowest BCUT2D eigenvalue weighted by Crippen LogP contribution is -2.46. The molecule has 2 atom stereocenters. The Labute approximate surface area is 131 Å². The van der Waals surface area contributed by atoms with Crippen molar-refractivity contribution in [1.29, 1.82) is 0 Å². The lowest BCUT2D eigenvalue weighted by Gasteiger charge is -2.20. The van der Waals surface area contributed by atoms with Crippen LogP contribution in [0.3, 0.4) is 0 Å². The quantitative estimate of drug-likeness (QED) is 0.919. The van der Waals surface area contributed by atoms with Gasteiger partial charge in [-0.2, -0.15) is 0 Å². The van der Waals surface area contributed by atoms with Crippen LogP contribution < -0.4 is 5.32 Å². The van der Waals surface area contributed by atoms with E-state index in [0.29, 0.717) is 12.3 Å². The molecule has 3 rings (SSSR count). The number of amides is 3. The molecule has 1 aromatic rings. The highest BCUT2D eigenvalue weighted by molar-refractivity contribution is 5.88. The molecule has 3 amide bonds.